The van der Waals surface area contributed by atoms with Gasteiger partial charge in [-0.2, -0.15) is 0 Å². The molecule has 3 N–H and O–H groups in total. The molecule has 7 saturated heterocycles. The number of carbonyl (C=O) groups excluding carboxylic acids is 3. The topological polar surface area (TPSA) is 122 Å². The number of para-hydroxylation sites is 2. The van der Waals surface area contributed by atoms with Crippen LogP contribution in [0.1, 0.15) is 17.5 Å². The molecule has 6 unspecified atom stereocenters. The van der Waals surface area contributed by atoms with Crippen molar-refractivity contribution >= 4 is 77.5 Å². The van der Waals surface area contributed by atoms with Gasteiger partial charge in [-0.15, -0.1) is 0 Å². The van der Waals surface area contributed by atoms with Crippen LogP contribution in [0.5, 0.6) is 0 Å². The van der Waals surface area contributed by atoms with Gasteiger partial charge in [0.15, 0.2) is 14.6 Å². The Labute approximate surface area is 286 Å². The number of rotatable bonds is 5. The normalized spacial score (nSPS) is 36.8. The molecule has 11 rings (SSSR count). The van der Waals surface area contributed by atoms with Gasteiger partial charge in [0, 0.05) is 68.0 Å². The van der Waals surface area contributed by atoms with Crippen molar-refractivity contribution < 1.29 is 24.6 Å². The Kier molecular flexibility index (Phi) is 6.02. The summed E-state index contributed by atoms with van der Waals surface area (Å²) in [5, 5.41) is 25.6. The van der Waals surface area contributed by atoms with Crippen LogP contribution in [-0.2, 0) is 26.3 Å². The van der Waals surface area contributed by atoms with Crippen LogP contribution in [0.4, 0.5) is 5.69 Å². The number of amides is 3. The van der Waals surface area contributed by atoms with E-state index in [4.69, 9.17) is 0 Å². The molecule has 9 heterocycles. The van der Waals surface area contributed by atoms with E-state index in [2.05, 4.69) is 45.8 Å². The van der Waals surface area contributed by atoms with E-state index in [1.54, 1.807) is 26.0 Å². The van der Waals surface area contributed by atoms with Crippen molar-refractivity contribution in [2.75, 3.05) is 39.7 Å². The predicted molar refractivity (Wildman–Crippen MR) is 186 cm³/mol. The summed E-state index contributed by atoms with van der Waals surface area (Å²) in [6, 6.07) is 16.3. The molecule has 8 aliphatic rings. The van der Waals surface area contributed by atoms with Crippen LogP contribution in [-0.4, -0.2) is 112 Å². The minimum atomic E-state index is -1.34. The number of anilines is 1. The first-order valence-electron chi connectivity index (χ1n) is 15.2. The number of hydrogen-bond acceptors (Lipinski definition) is 11. The van der Waals surface area contributed by atoms with Gasteiger partial charge in [-0.1, -0.05) is 75.4 Å². The number of benzene rings is 2. The molecule has 47 heavy (non-hydrogen) atoms. The second-order valence-electron chi connectivity index (χ2n) is 13.1. The van der Waals surface area contributed by atoms with Crippen LogP contribution in [0.3, 0.4) is 0 Å². The molecule has 7 fully saturated rings. The Morgan fingerprint density at radius 3 is 2.21 bits per heavy atom. The van der Waals surface area contributed by atoms with Gasteiger partial charge >= 0.3 is 0 Å². The molecular formula is C32H32N6O5S4. The minimum absolute atomic E-state index is 0.0645. The standard InChI is InChI=1S/C32H32N6O5S4/c1-18-31(16-39)35(3)26(42)30(45-46-31)15-28(21-10-6-7-11-22(21)33-24(28)38(18)30)37-14-19(20-9-5-8-12-23(20)37)13-29-25(41)36(4)32(17-40,47-44-29)27(43)34(29)2/h5-12,14,24,33,39-40H,1,13,15-17H2,2-4H3. The molecule has 244 valence electrons. The number of hydrogen-bond donors (Lipinski definition) is 3. The molecule has 4 bridgehead atoms. The Bertz CT molecular complexity index is 1980. The van der Waals surface area contributed by atoms with E-state index in [-0.39, 0.29) is 30.7 Å². The number of aliphatic hydroxyl groups excluding tert-OH is 2. The summed E-state index contributed by atoms with van der Waals surface area (Å²) < 4.78 is 2.27. The number of likely N-dealkylation sites (N-methyl/N-ethyl adjacent to an activating group) is 3. The van der Waals surface area contributed by atoms with Crippen LogP contribution >= 0.6 is 43.2 Å². The summed E-state index contributed by atoms with van der Waals surface area (Å²) in [5.41, 5.74) is 3.76. The summed E-state index contributed by atoms with van der Waals surface area (Å²) in [4.78, 5) is 44.3. The fourth-order valence-electron chi connectivity index (χ4n) is 8.67. The van der Waals surface area contributed by atoms with Gasteiger partial charge in [0.2, 0.25) is 4.87 Å². The number of piperazine rings is 2. The maximum absolute atomic E-state index is 14.4. The summed E-state index contributed by atoms with van der Waals surface area (Å²) in [7, 11) is 10.6. The predicted octanol–water partition coefficient (Wildman–Crippen LogP) is 2.86. The lowest BCUT2D eigenvalue weighted by Gasteiger charge is -2.60. The first-order valence-corrected chi connectivity index (χ1v) is 19.5. The molecule has 1 aromatic heterocycles. The number of fused-ring (bicyclic) bond motifs is 9. The molecule has 3 amide bonds. The lowest BCUT2D eigenvalue weighted by atomic mass is 9.86. The van der Waals surface area contributed by atoms with Crippen molar-refractivity contribution in [2.45, 2.75) is 44.0 Å². The average Bonchev–Trinajstić information content (AvgIpc) is 3.71. The molecule has 3 aromatic rings. The second-order valence-corrected chi connectivity index (χ2v) is 18.5. The number of aliphatic hydroxyl groups is 2. The first kappa shape index (κ1) is 30.1. The van der Waals surface area contributed by atoms with E-state index < -0.39 is 37.8 Å². The third-order valence-corrected chi connectivity index (χ3v) is 18.7. The van der Waals surface area contributed by atoms with Crippen molar-refractivity contribution in [2.24, 2.45) is 0 Å². The second kappa shape index (κ2) is 9.39. The van der Waals surface area contributed by atoms with Crippen LogP contribution < -0.4 is 5.32 Å². The van der Waals surface area contributed by atoms with Crippen molar-refractivity contribution in [1.82, 2.24) is 24.2 Å². The van der Waals surface area contributed by atoms with E-state index in [0.29, 0.717) is 12.1 Å². The maximum atomic E-state index is 14.4. The van der Waals surface area contributed by atoms with Crippen molar-refractivity contribution in [3.05, 3.63) is 78.1 Å². The largest absolute Gasteiger partial charge is 0.393 e. The number of nitrogens with zero attached hydrogens (tertiary/aromatic N) is 5. The van der Waals surface area contributed by atoms with Gasteiger partial charge in [0.25, 0.3) is 17.7 Å². The van der Waals surface area contributed by atoms with Gasteiger partial charge in [0.05, 0.1) is 13.2 Å². The monoisotopic (exact) mass is 708 g/mol. The summed E-state index contributed by atoms with van der Waals surface area (Å²) in [6.45, 7) is 3.79. The first-order chi connectivity index (χ1) is 22.5. The number of carbonyl (C=O) groups is 3. The lowest BCUT2D eigenvalue weighted by molar-refractivity contribution is -0.165. The van der Waals surface area contributed by atoms with Crippen LogP contribution in [0.2, 0.25) is 0 Å². The smallest absolute Gasteiger partial charge is 0.263 e. The molecule has 11 nitrogen and oxygen atoms in total. The summed E-state index contributed by atoms with van der Waals surface area (Å²) in [5.74, 6) is -0.580. The Morgan fingerprint density at radius 2 is 1.45 bits per heavy atom. The molecule has 8 aliphatic heterocycles. The SMILES string of the molecule is C=C1N2C3Nc4ccccc4C3(n3cc(CC45SSC(CO)(C(=O)N4C)N(C)C5=O)c4ccccc43)CC23SSC1(CO)N(C)C3=O. The Hall–Kier alpha value is -2.95. The molecule has 2 aromatic carbocycles. The van der Waals surface area contributed by atoms with Crippen LogP contribution in [0, 0.1) is 0 Å². The molecule has 1 spiro atoms. The fraction of sp³-hybridized carbons (Fsp3) is 0.406. The molecular weight excluding hydrogens is 677 g/mol. The molecule has 0 radical (unpaired) electrons. The van der Waals surface area contributed by atoms with E-state index in [1.165, 1.54) is 53.0 Å². The fourth-order valence-corrected chi connectivity index (χ4v) is 16.0. The van der Waals surface area contributed by atoms with E-state index in [1.807, 2.05) is 30.3 Å². The third kappa shape index (κ3) is 3.14. The number of aromatic nitrogens is 1. The van der Waals surface area contributed by atoms with Gasteiger partial charge in [-0.05, 0) is 28.5 Å². The Morgan fingerprint density at radius 1 is 0.830 bits per heavy atom. The van der Waals surface area contributed by atoms with E-state index in [0.717, 1.165) is 27.7 Å². The highest BCUT2D eigenvalue weighted by Crippen LogP contribution is 2.71. The van der Waals surface area contributed by atoms with Gasteiger partial charge < -0.3 is 39.7 Å². The minimum Gasteiger partial charge on any atom is -0.393 e. The molecule has 15 heteroatoms. The highest BCUT2D eigenvalue weighted by molar-refractivity contribution is 8.78. The van der Waals surface area contributed by atoms with Crippen molar-refractivity contribution in [1.29, 1.82) is 0 Å². The van der Waals surface area contributed by atoms with Crippen LogP contribution in [0.15, 0.2) is 67.0 Å². The van der Waals surface area contributed by atoms with Gasteiger partial charge in [-0.25, -0.2) is 0 Å². The zero-order valence-corrected chi connectivity index (χ0v) is 29.1. The van der Waals surface area contributed by atoms with Crippen LogP contribution in [0.25, 0.3) is 10.9 Å². The molecule has 0 aliphatic carbocycles. The Balaban J connectivity index is 1.25. The van der Waals surface area contributed by atoms with Crippen molar-refractivity contribution in [3.8, 4) is 0 Å². The maximum Gasteiger partial charge on any atom is 0.263 e. The highest BCUT2D eigenvalue weighted by atomic mass is 33.1. The quantitative estimate of drug-likeness (QED) is 0.340. The van der Waals surface area contributed by atoms with Gasteiger partial charge in [-0.3, -0.25) is 14.4 Å². The average molecular weight is 709 g/mol. The van der Waals surface area contributed by atoms with Crippen molar-refractivity contribution in [3.63, 3.8) is 0 Å². The van der Waals surface area contributed by atoms with Gasteiger partial charge in [0.1, 0.15) is 11.7 Å². The molecule has 0 saturated carbocycles. The summed E-state index contributed by atoms with van der Waals surface area (Å²) in [6.07, 6.45) is 2.39. The van der Waals surface area contributed by atoms with E-state index >= 15 is 0 Å². The number of nitrogens with one attached hydrogen (secondary N) is 1. The summed E-state index contributed by atoms with van der Waals surface area (Å²) >= 11 is 0. The molecule has 6 atom stereocenters. The zero-order valence-electron chi connectivity index (χ0n) is 25.8. The third-order valence-electron chi connectivity index (χ3n) is 11.3. The zero-order chi connectivity index (χ0) is 32.9. The highest BCUT2D eigenvalue weighted by Gasteiger charge is 2.76. The lowest BCUT2D eigenvalue weighted by Crippen LogP contribution is -2.77. The van der Waals surface area contributed by atoms with E-state index in [9.17, 15) is 24.6 Å².